The average molecular weight is 497 g/mol. The minimum Gasteiger partial charge on any atom is -0.488 e. The van der Waals surface area contributed by atoms with E-state index >= 15 is 0 Å². The fourth-order valence-electron chi connectivity index (χ4n) is 4.21. The Hall–Kier alpha value is -4.32. The van der Waals surface area contributed by atoms with Gasteiger partial charge in [0.25, 0.3) is 0 Å². The SMILES string of the molecule is CCOC(=O)C=Cc1cn(C(C)C(=O)NCCc2ccccc2)c2cccc(OCc3ccccc3)c12. The number of aromatic nitrogens is 1. The van der Waals surface area contributed by atoms with Crippen LogP contribution >= 0.6 is 0 Å². The number of fused-ring (bicyclic) bond motifs is 1. The number of esters is 1. The van der Waals surface area contributed by atoms with Crippen molar-refractivity contribution in [2.24, 2.45) is 0 Å². The number of benzene rings is 3. The van der Waals surface area contributed by atoms with Crippen LogP contribution in [0.5, 0.6) is 5.75 Å². The van der Waals surface area contributed by atoms with Crippen molar-refractivity contribution in [2.75, 3.05) is 13.2 Å². The molecule has 4 aromatic rings. The van der Waals surface area contributed by atoms with Crippen molar-refractivity contribution >= 4 is 28.9 Å². The summed E-state index contributed by atoms with van der Waals surface area (Å²) in [6, 6.07) is 25.3. The number of hydrogen-bond acceptors (Lipinski definition) is 4. The van der Waals surface area contributed by atoms with Crippen LogP contribution in [-0.2, 0) is 27.4 Å². The molecule has 0 fully saturated rings. The van der Waals surface area contributed by atoms with Crippen molar-refractivity contribution in [3.8, 4) is 5.75 Å². The van der Waals surface area contributed by atoms with Gasteiger partial charge in [0, 0.05) is 29.8 Å². The zero-order valence-corrected chi connectivity index (χ0v) is 21.2. The van der Waals surface area contributed by atoms with Crippen molar-refractivity contribution in [3.05, 3.63) is 108 Å². The summed E-state index contributed by atoms with van der Waals surface area (Å²) in [5.74, 6) is 0.183. The quantitative estimate of drug-likeness (QED) is 0.213. The van der Waals surface area contributed by atoms with Gasteiger partial charge in [-0.2, -0.15) is 0 Å². The molecular weight excluding hydrogens is 464 g/mol. The van der Waals surface area contributed by atoms with E-state index in [1.807, 2.05) is 96.6 Å². The third-order valence-electron chi connectivity index (χ3n) is 6.12. The Morgan fingerprint density at radius 2 is 1.65 bits per heavy atom. The standard InChI is InChI=1S/C31H32N2O4/c1-3-36-29(34)18-17-26-21-33(23(2)31(35)32-20-19-24-11-6-4-7-12-24)27-15-10-16-28(30(26)27)37-22-25-13-8-5-9-14-25/h4-18,21,23H,3,19-20,22H2,1-2H3,(H,32,35). The van der Waals surface area contributed by atoms with Crippen molar-refractivity contribution in [3.63, 3.8) is 0 Å². The third-order valence-corrected chi connectivity index (χ3v) is 6.12. The molecule has 1 N–H and O–H groups in total. The highest BCUT2D eigenvalue weighted by molar-refractivity contribution is 5.98. The van der Waals surface area contributed by atoms with Gasteiger partial charge in [-0.3, -0.25) is 4.79 Å². The van der Waals surface area contributed by atoms with Crippen LogP contribution in [0.4, 0.5) is 0 Å². The van der Waals surface area contributed by atoms with E-state index in [1.165, 1.54) is 11.6 Å². The molecule has 1 amide bonds. The maximum absolute atomic E-state index is 13.1. The molecule has 190 valence electrons. The molecule has 0 aliphatic carbocycles. The second-order valence-corrected chi connectivity index (χ2v) is 8.70. The highest BCUT2D eigenvalue weighted by Gasteiger charge is 2.20. The molecule has 6 nitrogen and oxygen atoms in total. The number of nitrogens with zero attached hydrogens (tertiary/aromatic N) is 1. The zero-order chi connectivity index (χ0) is 26.0. The lowest BCUT2D eigenvalue weighted by atomic mass is 10.1. The van der Waals surface area contributed by atoms with Crippen LogP contribution in [0.25, 0.3) is 17.0 Å². The summed E-state index contributed by atoms with van der Waals surface area (Å²) >= 11 is 0. The molecule has 6 heteroatoms. The fourth-order valence-corrected chi connectivity index (χ4v) is 4.21. The Bertz CT molecular complexity index is 1360. The van der Waals surface area contributed by atoms with E-state index in [0.29, 0.717) is 25.5 Å². The molecule has 3 aromatic carbocycles. The largest absolute Gasteiger partial charge is 0.488 e. The number of carbonyl (C=O) groups excluding carboxylic acids is 2. The van der Waals surface area contributed by atoms with Crippen LogP contribution in [0, 0.1) is 0 Å². The monoisotopic (exact) mass is 496 g/mol. The first-order chi connectivity index (χ1) is 18.1. The van der Waals surface area contributed by atoms with Gasteiger partial charge in [-0.1, -0.05) is 66.7 Å². The number of hydrogen-bond donors (Lipinski definition) is 1. The van der Waals surface area contributed by atoms with E-state index in [0.717, 1.165) is 28.5 Å². The van der Waals surface area contributed by atoms with Gasteiger partial charge in [0.2, 0.25) is 5.91 Å². The second kappa shape index (κ2) is 12.6. The molecule has 1 atom stereocenters. The molecule has 1 heterocycles. The molecule has 1 aromatic heterocycles. The van der Waals surface area contributed by atoms with Crippen LogP contribution in [0.2, 0.25) is 0 Å². The van der Waals surface area contributed by atoms with Crippen molar-refractivity contribution in [2.45, 2.75) is 32.9 Å². The number of rotatable bonds is 11. The predicted octanol–water partition coefficient (Wildman–Crippen LogP) is 5.72. The zero-order valence-electron chi connectivity index (χ0n) is 21.2. The highest BCUT2D eigenvalue weighted by atomic mass is 16.5. The Kier molecular flexibility index (Phi) is 8.76. The van der Waals surface area contributed by atoms with Crippen LogP contribution in [0.3, 0.4) is 0 Å². The predicted molar refractivity (Wildman–Crippen MR) is 146 cm³/mol. The van der Waals surface area contributed by atoms with Gasteiger partial charge >= 0.3 is 5.97 Å². The first kappa shape index (κ1) is 25.8. The molecule has 0 aliphatic heterocycles. The van der Waals surface area contributed by atoms with Crippen LogP contribution in [-0.4, -0.2) is 29.6 Å². The Morgan fingerprint density at radius 3 is 2.35 bits per heavy atom. The van der Waals surface area contributed by atoms with E-state index in [9.17, 15) is 9.59 Å². The normalized spacial score (nSPS) is 11.9. The lowest BCUT2D eigenvalue weighted by Gasteiger charge is -2.16. The maximum atomic E-state index is 13.1. The molecule has 4 rings (SSSR count). The topological polar surface area (TPSA) is 69.6 Å². The Labute approximate surface area is 217 Å². The summed E-state index contributed by atoms with van der Waals surface area (Å²) in [5.41, 5.74) is 3.85. The molecule has 1 unspecified atom stereocenters. The van der Waals surface area contributed by atoms with E-state index in [2.05, 4.69) is 5.32 Å². The first-order valence-electron chi connectivity index (χ1n) is 12.5. The molecule has 0 saturated carbocycles. The summed E-state index contributed by atoms with van der Waals surface area (Å²) in [7, 11) is 0. The third kappa shape index (κ3) is 6.67. The molecule has 0 spiro atoms. The van der Waals surface area contributed by atoms with Gasteiger partial charge in [0.1, 0.15) is 18.4 Å². The lowest BCUT2D eigenvalue weighted by Crippen LogP contribution is -2.32. The minimum atomic E-state index is -0.465. The van der Waals surface area contributed by atoms with Crippen molar-refractivity contribution in [1.82, 2.24) is 9.88 Å². The number of amides is 1. The average Bonchev–Trinajstić information content (AvgIpc) is 3.31. The highest BCUT2D eigenvalue weighted by Crippen LogP contribution is 2.34. The summed E-state index contributed by atoms with van der Waals surface area (Å²) in [4.78, 5) is 25.1. The molecule has 0 bridgehead atoms. The van der Waals surface area contributed by atoms with Gasteiger partial charge in [-0.05, 0) is 49.6 Å². The van der Waals surface area contributed by atoms with E-state index < -0.39 is 12.0 Å². The Morgan fingerprint density at radius 1 is 0.946 bits per heavy atom. The smallest absolute Gasteiger partial charge is 0.330 e. The van der Waals surface area contributed by atoms with Gasteiger partial charge < -0.3 is 19.4 Å². The van der Waals surface area contributed by atoms with E-state index in [-0.39, 0.29) is 5.91 Å². The Balaban J connectivity index is 1.60. The molecule has 0 radical (unpaired) electrons. The number of carbonyl (C=O) groups is 2. The van der Waals surface area contributed by atoms with E-state index in [1.54, 1.807) is 13.0 Å². The van der Waals surface area contributed by atoms with Crippen LogP contribution in [0.15, 0.2) is 91.1 Å². The fraction of sp³-hybridized carbons (Fsp3) is 0.226. The molecule has 0 saturated heterocycles. The van der Waals surface area contributed by atoms with Gasteiger partial charge in [-0.15, -0.1) is 0 Å². The minimum absolute atomic E-state index is 0.0793. The van der Waals surface area contributed by atoms with Gasteiger partial charge in [0.05, 0.1) is 12.1 Å². The molecule has 0 aliphatic rings. The summed E-state index contributed by atoms with van der Waals surface area (Å²) in [6.07, 6.45) is 5.77. The van der Waals surface area contributed by atoms with Gasteiger partial charge in [0.15, 0.2) is 0 Å². The number of nitrogens with one attached hydrogen (secondary N) is 1. The number of ether oxygens (including phenoxy) is 2. The van der Waals surface area contributed by atoms with E-state index in [4.69, 9.17) is 9.47 Å². The summed E-state index contributed by atoms with van der Waals surface area (Å²) < 4.78 is 13.2. The van der Waals surface area contributed by atoms with Crippen molar-refractivity contribution in [1.29, 1.82) is 0 Å². The van der Waals surface area contributed by atoms with Crippen LogP contribution in [0.1, 0.15) is 36.6 Å². The maximum Gasteiger partial charge on any atom is 0.330 e. The van der Waals surface area contributed by atoms with Crippen molar-refractivity contribution < 1.29 is 19.1 Å². The second-order valence-electron chi connectivity index (χ2n) is 8.70. The molecular formula is C31H32N2O4. The summed E-state index contributed by atoms with van der Waals surface area (Å²) in [5, 5.41) is 3.88. The first-order valence-corrected chi connectivity index (χ1v) is 12.5. The molecule has 37 heavy (non-hydrogen) atoms. The summed E-state index contributed by atoms with van der Waals surface area (Å²) in [6.45, 7) is 4.89. The van der Waals surface area contributed by atoms with Crippen LogP contribution < -0.4 is 10.1 Å². The lowest BCUT2D eigenvalue weighted by molar-refractivity contribution is -0.137. The van der Waals surface area contributed by atoms with Gasteiger partial charge in [-0.25, -0.2) is 4.79 Å².